The van der Waals surface area contributed by atoms with Gasteiger partial charge in [-0.3, -0.25) is 9.52 Å². The number of anilines is 2. The van der Waals surface area contributed by atoms with Crippen LogP contribution in [0.4, 0.5) is 11.4 Å². The van der Waals surface area contributed by atoms with Crippen LogP contribution in [-0.2, 0) is 14.8 Å². The minimum Gasteiger partial charge on any atom is -0.492 e. The number of carbonyl (C=O) groups excluding carboxylic acids is 1. The molecule has 6 nitrogen and oxygen atoms in total. The first kappa shape index (κ1) is 18.0. The second-order valence-corrected chi connectivity index (χ2v) is 7.75. The Kier molecular flexibility index (Phi) is 4.73. The van der Waals surface area contributed by atoms with Crippen LogP contribution in [-0.4, -0.2) is 20.9 Å². The van der Waals surface area contributed by atoms with E-state index in [4.69, 9.17) is 4.74 Å². The van der Waals surface area contributed by atoms with E-state index in [1.54, 1.807) is 30.3 Å². The largest absolute Gasteiger partial charge is 0.492 e. The van der Waals surface area contributed by atoms with E-state index >= 15 is 0 Å². The number of para-hydroxylation sites is 2. The number of sulfonamides is 1. The van der Waals surface area contributed by atoms with Crippen LogP contribution in [0, 0.1) is 0 Å². The summed E-state index contributed by atoms with van der Waals surface area (Å²) in [5, 5.41) is 2.75. The molecule has 0 aromatic heterocycles. The molecule has 1 heterocycles. The lowest BCUT2D eigenvalue weighted by Crippen LogP contribution is -2.14. The highest BCUT2D eigenvalue weighted by atomic mass is 32.2. The van der Waals surface area contributed by atoms with E-state index in [-0.39, 0.29) is 10.8 Å². The molecule has 2 N–H and O–H groups in total. The Morgan fingerprint density at radius 3 is 2.58 bits per heavy atom. The molecule has 2 aromatic rings. The van der Waals surface area contributed by atoms with Gasteiger partial charge in [-0.2, -0.15) is 0 Å². The van der Waals surface area contributed by atoms with Gasteiger partial charge in [0.05, 0.1) is 17.2 Å². The van der Waals surface area contributed by atoms with Gasteiger partial charge < -0.3 is 10.1 Å². The van der Waals surface area contributed by atoms with Crippen LogP contribution in [0.15, 0.2) is 52.9 Å². The molecule has 1 aliphatic heterocycles. The normalized spacial score (nSPS) is 13.2. The second kappa shape index (κ2) is 6.84. The Morgan fingerprint density at radius 2 is 1.88 bits per heavy atom. The van der Waals surface area contributed by atoms with Crippen molar-refractivity contribution in [1.29, 1.82) is 0 Å². The molecule has 7 heteroatoms. The average molecular weight is 372 g/mol. The number of allylic oxidation sites excluding steroid dienone is 1. The topological polar surface area (TPSA) is 84.5 Å². The molecule has 0 unspecified atom stereocenters. The Labute approximate surface area is 152 Å². The summed E-state index contributed by atoms with van der Waals surface area (Å²) in [7, 11) is -3.83. The Morgan fingerprint density at radius 1 is 1.15 bits per heavy atom. The number of rotatable bonds is 5. The van der Waals surface area contributed by atoms with E-state index in [2.05, 4.69) is 10.0 Å². The summed E-state index contributed by atoms with van der Waals surface area (Å²) in [6.45, 7) is 5.90. The molecule has 136 valence electrons. The fraction of sp³-hybridized carbons (Fsp3) is 0.211. The number of hydrogen-bond donors (Lipinski definition) is 2. The number of nitrogens with one attached hydrogen (secondary N) is 2. The molecule has 0 spiro atoms. The monoisotopic (exact) mass is 372 g/mol. The molecular formula is C19H20N2O4S. The van der Waals surface area contributed by atoms with E-state index in [9.17, 15) is 13.2 Å². The molecule has 1 amide bonds. The van der Waals surface area contributed by atoms with Gasteiger partial charge in [-0.05, 0) is 51.1 Å². The third-order valence-electron chi connectivity index (χ3n) is 3.98. The third kappa shape index (κ3) is 3.30. The molecule has 1 aliphatic rings. The van der Waals surface area contributed by atoms with Crippen LogP contribution < -0.4 is 14.8 Å². The van der Waals surface area contributed by atoms with E-state index in [0.29, 0.717) is 34.9 Å². The predicted octanol–water partition coefficient (Wildman–Crippen LogP) is 3.63. The first-order valence-corrected chi connectivity index (χ1v) is 9.69. The molecular weight excluding hydrogens is 352 g/mol. The number of ether oxygens (including phenoxy) is 1. The van der Waals surface area contributed by atoms with E-state index in [0.717, 1.165) is 5.57 Å². The molecule has 0 radical (unpaired) electrons. The maximum Gasteiger partial charge on any atom is 0.262 e. The predicted molar refractivity (Wildman–Crippen MR) is 102 cm³/mol. The second-order valence-electron chi connectivity index (χ2n) is 6.07. The number of carbonyl (C=O) groups is 1. The number of hydrogen-bond acceptors (Lipinski definition) is 4. The van der Waals surface area contributed by atoms with Gasteiger partial charge in [-0.25, -0.2) is 8.42 Å². The van der Waals surface area contributed by atoms with Crippen molar-refractivity contribution in [3.8, 4) is 5.75 Å². The molecule has 0 atom stereocenters. The highest BCUT2D eigenvalue weighted by Gasteiger charge is 2.27. The van der Waals surface area contributed by atoms with Crippen molar-refractivity contribution >= 4 is 32.9 Å². The number of benzene rings is 2. The molecule has 2 aromatic carbocycles. The van der Waals surface area contributed by atoms with Crippen molar-refractivity contribution < 1.29 is 17.9 Å². The van der Waals surface area contributed by atoms with Crippen LogP contribution >= 0.6 is 0 Å². The van der Waals surface area contributed by atoms with Crippen LogP contribution in [0.2, 0.25) is 0 Å². The highest BCUT2D eigenvalue weighted by Crippen LogP contribution is 2.36. The van der Waals surface area contributed by atoms with E-state index < -0.39 is 10.0 Å². The number of amides is 1. The summed E-state index contributed by atoms with van der Waals surface area (Å²) in [6, 6.07) is 11.4. The smallest absolute Gasteiger partial charge is 0.262 e. The third-order valence-corrected chi connectivity index (χ3v) is 5.34. The van der Waals surface area contributed by atoms with Gasteiger partial charge in [-0.15, -0.1) is 0 Å². The van der Waals surface area contributed by atoms with Crippen LogP contribution in [0.5, 0.6) is 5.75 Å². The average Bonchev–Trinajstić information content (AvgIpc) is 2.91. The van der Waals surface area contributed by atoms with E-state index in [1.165, 1.54) is 12.1 Å². The van der Waals surface area contributed by atoms with Crippen molar-refractivity contribution in [2.24, 2.45) is 0 Å². The summed E-state index contributed by atoms with van der Waals surface area (Å²) in [5.74, 6) is 0.241. The summed E-state index contributed by atoms with van der Waals surface area (Å²) in [5.41, 5.74) is 2.90. The lowest BCUT2D eigenvalue weighted by atomic mass is 10.0. The molecule has 0 saturated carbocycles. The molecule has 0 aliphatic carbocycles. The van der Waals surface area contributed by atoms with Gasteiger partial charge >= 0.3 is 0 Å². The van der Waals surface area contributed by atoms with Gasteiger partial charge in [0.2, 0.25) is 0 Å². The van der Waals surface area contributed by atoms with Gasteiger partial charge in [0.1, 0.15) is 5.75 Å². The lowest BCUT2D eigenvalue weighted by molar-refractivity contribution is -0.110. The van der Waals surface area contributed by atoms with Gasteiger partial charge in [0.15, 0.2) is 0 Å². The Hall–Kier alpha value is -2.80. The lowest BCUT2D eigenvalue weighted by Gasteiger charge is -2.13. The van der Waals surface area contributed by atoms with Crippen molar-refractivity contribution in [2.45, 2.75) is 25.7 Å². The minimum atomic E-state index is -3.83. The quantitative estimate of drug-likeness (QED) is 0.785. The summed E-state index contributed by atoms with van der Waals surface area (Å²) < 4.78 is 33.7. The van der Waals surface area contributed by atoms with Crippen LogP contribution in [0.1, 0.15) is 26.3 Å². The fourth-order valence-corrected chi connectivity index (χ4v) is 3.94. The van der Waals surface area contributed by atoms with Crippen molar-refractivity contribution in [3.63, 3.8) is 0 Å². The SMILES string of the molecule is CCOc1ccccc1NS(=O)(=O)c1ccc2c(c1)C(=C(C)C)C(=O)N2. The molecule has 0 bridgehead atoms. The first-order valence-electron chi connectivity index (χ1n) is 8.21. The fourth-order valence-electron chi connectivity index (χ4n) is 2.85. The standard InChI is InChI=1S/C19H20N2O4S/c1-4-25-17-8-6-5-7-16(17)21-26(23,24)13-9-10-15-14(11-13)18(12(2)3)19(22)20-15/h5-11,21H,4H2,1-3H3,(H,20,22). The van der Waals surface area contributed by atoms with Gasteiger partial charge in [-0.1, -0.05) is 17.7 Å². The molecule has 26 heavy (non-hydrogen) atoms. The Bertz CT molecular complexity index is 1010. The molecule has 0 saturated heterocycles. The zero-order valence-corrected chi connectivity index (χ0v) is 15.6. The van der Waals surface area contributed by atoms with Crippen molar-refractivity contribution in [1.82, 2.24) is 0 Å². The minimum absolute atomic E-state index is 0.0813. The van der Waals surface area contributed by atoms with Crippen molar-refractivity contribution in [3.05, 3.63) is 53.6 Å². The summed E-state index contributed by atoms with van der Waals surface area (Å²) in [6.07, 6.45) is 0. The highest BCUT2D eigenvalue weighted by molar-refractivity contribution is 7.92. The zero-order valence-electron chi connectivity index (χ0n) is 14.8. The molecule has 0 fully saturated rings. The van der Waals surface area contributed by atoms with Crippen LogP contribution in [0.3, 0.4) is 0 Å². The number of fused-ring (bicyclic) bond motifs is 1. The summed E-state index contributed by atoms with van der Waals surface area (Å²) >= 11 is 0. The summed E-state index contributed by atoms with van der Waals surface area (Å²) in [4.78, 5) is 12.2. The Balaban J connectivity index is 2.00. The van der Waals surface area contributed by atoms with E-state index in [1.807, 2.05) is 20.8 Å². The van der Waals surface area contributed by atoms with Crippen LogP contribution in [0.25, 0.3) is 5.57 Å². The first-order chi connectivity index (χ1) is 12.3. The zero-order chi connectivity index (χ0) is 18.9. The maximum atomic E-state index is 12.8. The van der Waals surface area contributed by atoms with Crippen molar-refractivity contribution in [2.75, 3.05) is 16.6 Å². The van der Waals surface area contributed by atoms with Gasteiger partial charge in [0, 0.05) is 16.8 Å². The van der Waals surface area contributed by atoms with Gasteiger partial charge in [0.25, 0.3) is 15.9 Å². The maximum absolute atomic E-state index is 12.8. The molecule has 3 rings (SSSR count).